The first-order valence-electron chi connectivity index (χ1n) is 6.70. The van der Waals surface area contributed by atoms with Gasteiger partial charge in [-0.1, -0.05) is 19.3 Å². The van der Waals surface area contributed by atoms with E-state index in [-0.39, 0.29) is 5.92 Å². The summed E-state index contributed by atoms with van der Waals surface area (Å²) in [5.41, 5.74) is 4.81. The Kier molecular flexibility index (Phi) is 4.21. The Bertz CT molecular complexity index is 445. The number of carbonyl (C=O) groups excluding carboxylic acids is 4. The molecule has 1 aliphatic carbocycles. The first-order valence-corrected chi connectivity index (χ1v) is 6.70. The highest BCUT2D eigenvalue weighted by Crippen LogP contribution is 2.29. The van der Waals surface area contributed by atoms with Gasteiger partial charge in [-0.2, -0.15) is 0 Å². The SMILES string of the molecule is NC(=O)NC(=O)CN1C(=O)N[C@H](C2CCCCC2)C1=O. The van der Waals surface area contributed by atoms with Crippen LogP contribution in [-0.2, 0) is 9.59 Å². The van der Waals surface area contributed by atoms with Gasteiger partial charge in [-0.05, 0) is 18.8 Å². The number of imide groups is 2. The molecule has 8 heteroatoms. The second-order valence-corrected chi connectivity index (χ2v) is 5.16. The lowest BCUT2D eigenvalue weighted by Gasteiger charge is -2.25. The second kappa shape index (κ2) is 5.89. The van der Waals surface area contributed by atoms with Crippen LogP contribution in [0.2, 0.25) is 0 Å². The van der Waals surface area contributed by atoms with Gasteiger partial charge in [-0.3, -0.25) is 19.8 Å². The average molecular weight is 282 g/mol. The highest BCUT2D eigenvalue weighted by atomic mass is 16.2. The molecule has 0 radical (unpaired) electrons. The van der Waals surface area contributed by atoms with Crippen molar-refractivity contribution in [3.63, 3.8) is 0 Å². The molecule has 4 N–H and O–H groups in total. The van der Waals surface area contributed by atoms with Gasteiger partial charge in [0.2, 0.25) is 5.91 Å². The summed E-state index contributed by atoms with van der Waals surface area (Å²) in [7, 11) is 0. The Morgan fingerprint density at radius 1 is 1.25 bits per heavy atom. The molecule has 0 aromatic carbocycles. The van der Waals surface area contributed by atoms with Crippen LogP contribution in [0, 0.1) is 5.92 Å². The molecule has 1 aliphatic heterocycles. The molecule has 1 saturated heterocycles. The summed E-state index contributed by atoms with van der Waals surface area (Å²) in [6, 6.07) is -2.15. The normalized spacial score (nSPS) is 23.6. The van der Waals surface area contributed by atoms with E-state index in [9.17, 15) is 19.2 Å². The predicted molar refractivity (Wildman–Crippen MR) is 68.3 cm³/mol. The summed E-state index contributed by atoms with van der Waals surface area (Å²) in [6.07, 6.45) is 5.05. The Hall–Kier alpha value is -2.12. The van der Waals surface area contributed by atoms with Gasteiger partial charge in [0.25, 0.3) is 5.91 Å². The fraction of sp³-hybridized carbons (Fsp3) is 0.667. The maximum atomic E-state index is 12.2. The molecule has 0 spiro atoms. The first-order chi connectivity index (χ1) is 9.49. The van der Waals surface area contributed by atoms with Crippen molar-refractivity contribution >= 4 is 23.9 Å². The maximum absolute atomic E-state index is 12.2. The van der Waals surface area contributed by atoms with Gasteiger partial charge >= 0.3 is 12.1 Å². The molecule has 0 aromatic heterocycles. The van der Waals surface area contributed by atoms with E-state index in [4.69, 9.17) is 5.73 Å². The maximum Gasteiger partial charge on any atom is 0.325 e. The van der Waals surface area contributed by atoms with Crippen LogP contribution in [0.25, 0.3) is 0 Å². The molecule has 110 valence electrons. The van der Waals surface area contributed by atoms with Gasteiger partial charge < -0.3 is 11.1 Å². The number of hydrogen-bond acceptors (Lipinski definition) is 4. The highest BCUT2D eigenvalue weighted by molar-refractivity contribution is 6.07. The smallest absolute Gasteiger partial charge is 0.325 e. The number of hydrogen-bond donors (Lipinski definition) is 3. The second-order valence-electron chi connectivity index (χ2n) is 5.16. The minimum absolute atomic E-state index is 0.129. The number of rotatable bonds is 3. The quantitative estimate of drug-likeness (QED) is 0.614. The number of amides is 6. The zero-order chi connectivity index (χ0) is 14.7. The molecule has 20 heavy (non-hydrogen) atoms. The van der Waals surface area contributed by atoms with Crippen LogP contribution in [0.4, 0.5) is 9.59 Å². The molecule has 0 unspecified atom stereocenters. The van der Waals surface area contributed by atoms with Crippen LogP contribution in [0.3, 0.4) is 0 Å². The van der Waals surface area contributed by atoms with Crippen molar-refractivity contribution in [1.29, 1.82) is 0 Å². The zero-order valence-electron chi connectivity index (χ0n) is 11.1. The molecule has 2 rings (SSSR count). The Balaban J connectivity index is 1.97. The van der Waals surface area contributed by atoms with E-state index in [1.165, 1.54) is 0 Å². The molecular formula is C12H18N4O4. The van der Waals surface area contributed by atoms with E-state index in [1.54, 1.807) is 0 Å². The summed E-state index contributed by atoms with van der Waals surface area (Å²) >= 11 is 0. The van der Waals surface area contributed by atoms with Gasteiger partial charge in [0.1, 0.15) is 12.6 Å². The standard InChI is InChI=1S/C12H18N4O4/c13-11(19)14-8(17)6-16-10(18)9(15-12(16)20)7-4-2-1-3-5-7/h7,9H,1-6H2,(H,15,20)(H3,13,14,17,19)/t9-/m1/s1. The van der Waals surface area contributed by atoms with Crippen molar-refractivity contribution in [3.05, 3.63) is 0 Å². The van der Waals surface area contributed by atoms with Crippen molar-refractivity contribution in [2.24, 2.45) is 11.7 Å². The molecule has 6 amide bonds. The zero-order valence-corrected chi connectivity index (χ0v) is 11.1. The van der Waals surface area contributed by atoms with Gasteiger partial charge in [0.05, 0.1) is 0 Å². The third kappa shape index (κ3) is 3.06. The minimum Gasteiger partial charge on any atom is -0.351 e. The van der Waals surface area contributed by atoms with Crippen molar-refractivity contribution in [3.8, 4) is 0 Å². The van der Waals surface area contributed by atoms with Gasteiger partial charge in [-0.25, -0.2) is 9.59 Å². The molecule has 1 saturated carbocycles. The molecule has 2 fully saturated rings. The van der Waals surface area contributed by atoms with Crippen molar-refractivity contribution in [2.75, 3.05) is 6.54 Å². The number of primary amides is 1. The number of nitrogens with two attached hydrogens (primary N) is 1. The first kappa shape index (κ1) is 14.3. The van der Waals surface area contributed by atoms with Crippen molar-refractivity contribution in [2.45, 2.75) is 38.1 Å². The summed E-state index contributed by atoms with van der Waals surface area (Å²) in [4.78, 5) is 46.7. The fourth-order valence-electron chi connectivity index (χ4n) is 2.80. The largest absolute Gasteiger partial charge is 0.351 e. The minimum atomic E-state index is -1.01. The third-order valence-electron chi connectivity index (χ3n) is 3.74. The lowest BCUT2D eigenvalue weighted by atomic mass is 9.84. The lowest BCUT2D eigenvalue weighted by molar-refractivity contribution is -0.132. The molecule has 1 heterocycles. The third-order valence-corrected chi connectivity index (χ3v) is 3.74. The van der Waals surface area contributed by atoms with Crippen LogP contribution in [-0.4, -0.2) is 41.4 Å². The van der Waals surface area contributed by atoms with Crippen molar-refractivity contribution < 1.29 is 19.2 Å². The molecule has 1 atom stereocenters. The number of carbonyl (C=O) groups is 4. The highest BCUT2D eigenvalue weighted by Gasteiger charge is 2.43. The van der Waals surface area contributed by atoms with Crippen LogP contribution in [0.5, 0.6) is 0 Å². The van der Waals surface area contributed by atoms with Crippen LogP contribution in [0.1, 0.15) is 32.1 Å². The summed E-state index contributed by atoms with van der Waals surface area (Å²) in [6.45, 7) is -0.489. The monoisotopic (exact) mass is 282 g/mol. The van der Waals surface area contributed by atoms with E-state index in [0.717, 1.165) is 37.0 Å². The van der Waals surface area contributed by atoms with Crippen LogP contribution in [0.15, 0.2) is 0 Å². The molecule has 0 bridgehead atoms. The van der Waals surface area contributed by atoms with Crippen LogP contribution < -0.4 is 16.4 Å². The number of nitrogens with zero attached hydrogens (tertiary/aromatic N) is 1. The Labute approximate surface area is 116 Å². The average Bonchev–Trinajstić information content (AvgIpc) is 2.67. The molecular weight excluding hydrogens is 264 g/mol. The topological polar surface area (TPSA) is 122 Å². The van der Waals surface area contributed by atoms with Crippen molar-refractivity contribution in [1.82, 2.24) is 15.5 Å². The fourth-order valence-corrected chi connectivity index (χ4v) is 2.80. The predicted octanol–water partition coefficient (Wildman–Crippen LogP) is -0.318. The van der Waals surface area contributed by atoms with E-state index >= 15 is 0 Å². The molecule has 0 aromatic rings. The molecule has 2 aliphatic rings. The van der Waals surface area contributed by atoms with E-state index in [0.29, 0.717) is 0 Å². The van der Waals surface area contributed by atoms with E-state index < -0.39 is 36.5 Å². The number of nitrogens with one attached hydrogen (secondary N) is 2. The van der Waals surface area contributed by atoms with Gasteiger partial charge in [-0.15, -0.1) is 0 Å². The van der Waals surface area contributed by atoms with Gasteiger partial charge in [0, 0.05) is 0 Å². The lowest BCUT2D eigenvalue weighted by Crippen LogP contribution is -2.45. The molecule has 8 nitrogen and oxygen atoms in total. The Morgan fingerprint density at radius 2 is 1.90 bits per heavy atom. The Morgan fingerprint density at radius 3 is 2.50 bits per heavy atom. The summed E-state index contributed by atoms with van der Waals surface area (Å²) in [5, 5.41) is 4.45. The van der Waals surface area contributed by atoms with Crippen LogP contribution >= 0.6 is 0 Å². The van der Waals surface area contributed by atoms with E-state index in [1.807, 2.05) is 5.32 Å². The number of urea groups is 2. The summed E-state index contributed by atoms with van der Waals surface area (Å²) in [5.74, 6) is -1.05. The summed E-state index contributed by atoms with van der Waals surface area (Å²) < 4.78 is 0. The van der Waals surface area contributed by atoms with E-state index in [2.05, 4.69) is 5.32 Å². The van der Waals surface area contributed by atoms with Gasteiger partial charge in [0.15, 0.2) is 0 Å².